The number of rotatable bonds is 2. The standard InChI is InChI=1S/C7H11NO2S2/c1-5(2)6-7(11-4-8-6)12(3,9)10/h4-5H,1-3H3. The van der Waals surface area contributed by atoms with Crippen LogP contribution >= 0.6 is 11.3 Å². The molecule has 3 nitrogen and oxygen atoms in total. The zero-order chi connectivity index (χ0) is 9.35. The van der Waals surface area contributed by atoms with E-state index in [1.165, 1.54) is 17.6 Å². The molecule has 0 fully saturated rings. The Hall–Kier alpha value is -0.420. The Balaban J connectivity index is 3.26. The second-order valence-corrected chi connectivity index (χ2v) is 6.02. The van der Waals surface area contributed by atoms with E-state index >= 15 is 0 Å². The minimum atomic E-state index is -3.08. The normalized spacial score (nSPS) is 12.3. The Morgan fingerprint density at radius 2 is 2.08 bits per heavy atom. The van der Waals surface area contributed by atoms with Crippen LogP contribution in [0.3, 0.4) is 0 Å². The molecule has 0 unspecified atom stereocenters. The first-order chi connectivity index (χ1) is 5.43. The molecule has 0 spiro atoms. The van der Waals surface area contributed by atoms with Gasteiger partial charge in [-0.2, -0.15) is 0 Å². The van der Waals surface area contributed by atoms with Crippen LogP contribution in [0.2, 0.25) is 0 Å². The second kappa shape index (κ2) is 3.14. The summed E-state index contributed by atoms with van der Waals surface area (Å²) in [6.45, 7) is 3.87. The molecule has 0 bridgehead atoms. The van der Waals surface area contributed by atoms with Crippen LogP contribution in [0, 0.1) is 0 Å². The van der Waals surface area contributed by atoms with Gasteiger partial charge in [-0.15, -0.1) is 11.3 Å². The molecule has 0 N–H and O–H groups in total. The van der Waals surface area contributed by atoms with E-state index in [4.69, 9.17) is 0 Å². The van der Waals surface area contributed by atoms with E-state index in [-0.39, 0.29) is 5.92 Å². The molecule has 1 rings (SSSR count). The minimum Gasteiger partial charge on any atom is -0.248 e. The fourth-order valence-electron chi connectivity index (χ4n) is 0.906. The molecule has 0 aliphatic heterocycles. The van der Waals surface area contributed by atoms with E-state index in [0.29, 0.717) is 9.90 Å². The van der Waals surface area contributed by atoms with Crippen LogP contribution in [0.1, 0.15) is 25.5 Å². The largest absolute Gasteiger partial charge is 0.248 e. The van der Waals surface area contributed by atoms with Crippen molar-refractivity contribution in [3.05, 3.63) is 11.2 Å². The Kier molecular flexibility index (Phi) is 2.53. The van der Waals surface area contributed by atoms with Crippen molar-refractivity contribution in [2.24, 2.45) is 0 Å². The maximum atomic E-state index is 11.2. The molecule has 0 atom stereocenters. The highest BCUT2D eigenvalue weighted by atomic mass is 32.2. The van der Waals surface area contributed by atoms with E-state index < -0.39 is 9.84 Å². The van der Waals surface area contributed by atoms with E-state index in [0.717, 1.165) is 0 Å². The molecule has 0 saturated heterocycles. The first-order valence-electron chi connectivity index (χ1n) is 3.56. The zero-order valence-corrected chi connectivity index (χ0v) is 8.87. The number of nitrogens with zero attached hydrogens (tertiary/aromatic N) is 1. The van der Waals surface area contributed by atoms with Crippen LogP contribution in [0.4, 0.5) is 0 Å². The van der Waals surface area contributed by atoms with Crippen molar-refractivity contribution in [1.82, 2.24) is 4.98 Å². The molecule has 0 aromatic carbocycles. The van der Waals surface area contributed by atoms with E-state index in [1.54, 1.807) is 5.51 Å². The first kappa shape index (κ1) is 9.67. The van der Waals surface area contributed by atoms with Crippen molar-refractivity contribution in [3.63, 3.8) is 0 Å². The molecule has 0 saturated carbocycles. The van der Waals surface area contributed by atoms with Crippen LogP contribution < -0.4 is 0 Å². The molecular formula is C7H11NO2S2. The number of thiazole rings is 1. The van der Waals surface area contributed by atoms with Gasteiger partial charge in [0.1, 0.15) is 4.21 Å². The molecule has 0 aliphatic rings. The SMILES string of the molecule is CC(C)c1ncsc1S(C)(=O)=O. The molecule has 12 heavy (non-hydrogen) atoms. The predicted molar refractivity (Wildman–Crippen MR) is 49.3 cm³/mol. The van der Waals surface area contributed by atoms with Crippen LogP contribution in [-0.2, 0) is 9.84 Å². The molecule has 5 heteroatoms. The topological polar surface area (TPSA) is 47.0 Å². The fraction of sp³-hybridized carbons (Fsp3) is 0.571. The number of aromatic nitrogens is 1. The summed E-state index contributed by atoms with van der Waals surface area (Å²) in [5.41, 5.74) is 2.26. The van der Waals surface area contributed by atoms with E-state index in [1.807, 2.05) is 13.8 Å². The van der Waals surface area contributed by atoms with Gasteiger partial charge in [-0.3, -0.25) is 0 Å². The second-order valence-electron chi connectivity index (χ2n) is 2.95. The maximum absolute atomic E-state index is 11.2. The summed E-state index contributed by atoms with van der Waals surface area (Å²) in [6, 6.07) is 0. The molecule has 1 aromatic rings. The predicted octanol–water partition coefficient (Wildman–Crippen LogP) is 1.67. The molecular weight excluding hydrogens is 194 g/mol. The summed E-state index contributed by atoms with van der Waals surface area (Å²) < 4.78 is 22.8. The first-order valence-corrected chi connectivity index (χ1v) is 6.33. The van der Waals surface area contributed by atoms with Gasteiger partial charge in [-0.05, 0) is 5.92 Å². The smallest absolute Gasteiger partial charge is 0.186 e. The average molecular weight is 205 g/mol. The fourth-order valence-corrected chi connectivity index (χ4v) is 3.07. The van der Waals surface area contributed by atoms with Crippen molar-refractivity contribution < 1.29 is 8.42 Å². The lowest BCUT2D eigenvalue weighted by Crippen LogP contribution is -2.00. The Morgan fingerprint density at radius 3 is 2.42 bits per heavy atom. The molecule has 68 valence electrons. The zero-order valence-electron chi connectivity index (χ0n) is 7.23. The third-order valence-electron chi connectivity index (χ3n) is 1.44. The van der Waals surface area contributed by atoms with E-state index in [9.17, 15) is 8.42 Å². The van der Waals surface area contributed by atoms with Crippen LogP contribution in [0.15, 0.2) is 9.72 Å². The van der Waals surface area contributed by atoms with Crippen molar-refractivity contribution in [2.75, 3.05) is 6.26 Å². The van der Waals surface area contributed by atoms with Gasteiger partial charge in [0, 0.05) is 6.26 Å². The molecule has 0 radical (unpaired) electrons. The van der Waals surface area contributed by atoms with Gasteiger partial charge in [-0.25, -0.2) is 13.4 Å². The summed E-state index contributed by atoms with van der Waals surface area (Å²) in [6.07, 6.45) is 1.21. The lowest BCUT2D eigenvalue weighted by molar-refractivity contribution is 0.601. The highest BCUT2D eigenvalue weighted by Crippen LogP contribution is 2.25. The summed E-state index contributed by atoms with van der Waals surface area (Å²) in [5, 5.41) is 0. The summed E-state index contributed by atoms with van der Waals surface area (Å²) in [4.78, 5) is 4.02. The van der Waals surface area contributed by atoms with E-state index in [2.05, 4.69) is 4.98 Å². The third-order valence-corrected chi connectivity index (χ3v) is 4.16. The number of hydrogen-bond acceptors (Lipinski definition) is 4. The molecule has 0 aliphatic carbocycles. The highest BCUT2D eigenvalue weighted by Gasteiger charge is 2.18. The average Bonchev–Trinajstić information content (AvgIpc) is 2.30. The molecule has 1 aromatic heterocycles. The van der Waals surface area contributed by atoms with Gasteiger partial charge in [0.15, 0.2) is 9.84 Å². The Bertz CT molecular complexity index is 365. The third kappa shape index (κ3) is 1.84. The molecule has 0 amide bonds. The van der Waals surface area contributed by atoms with Gasteiger partial charge < -0.3 is 0 Å². The van der Waals surface area contributed by atoms with Gasteiger partial charge in [0.05, 0.1) is 11.2 Å². The molecule has 1 heterocycles. The van der Waals surface area contributed by atoms with Crippen molar-refractivity contribution in [1.29, 1.82) is 0 Å². The monoisotopic (exact) mass is 205 g/mol. The van der Waals surface area contributed by atoms with Gasteiger partial charge in [-0.1, -0.05) is 13.8 Å². The van der Waals surface area contributed by atoms with Crippen molar-refractivity contribution >= 4 is 21.2 Å². The van der Waals surface area contributed by atoms with Gasteiger partial charge >= 0.3 is 0 Å². The van der Waals surface area contributed by atoms with Gasteiger partial charge in [0.25, 0.3) is 0 Å². The van der Waals surface area contributed by atoms with Crippen molar-refractivity contribution in [3.8, 4) is 0 Å². The quantitative estimate of drug-likeness (QED) is 0.738. The van der Waals surface area contributed by atoms with Crippen LogP contribution in [0.5, 0.6) is 0 Å². The maximum Gasteiger partial charge on any atom is 0.186 e. The van der Waals surface area contributed by atoms with Crippen LogP contribution in [0.25, 0.3) is 0 Å². The number of sulfone groups is 1. The lowest BCUT2D eigenvalue weighted by Gasteiger charge is -2.02. The minimum absolute atomic E-state index is 0.168. The number of hydrogen-bond donors (Lipinski definition) is 0. The summed E-state index contributed by atoms with van der Waals surface area (Å²) in [5.74, 6) is 0.168. The van der Waals surface area contributed by atoms with Gasteiger partial charge in [0.2, 0.25) is 0 Å². The van der Waals surface area contributed by atoms with Crippen molar-refractivity contribution in [2.45, 2.75) is 24.0 Å². The summed E-state index contributed by atoms with van der Waals surface area (Å²) >= 11 is 1.19. The van der Waals surface area contributed by atoms with Crippen LogP contribution in [-0.4, -0.2) is 19.7 Å². The summed E-state index contributed by atoms with van der Waals surface area (Å²) in [7, 11) is -3.08. The Labute approximate surface area is 76.4 Å². The lowest BCUT2D eigenvalue weighted by atomic mass is 10.2. The highest BCUT2D eigenvalue weighted by molar-refractivity contribution is 7.92. The Morgan fingerprint density at radius 1 is 1.50 bits per heavy atom.